The molecule has 0 saturated heterocycles. The Morgan fingerprint density at radius 1 is 0.203 bits per heavy atom. The van der Waals surface area contributed by atoms with E-state index < -0.39 is 0 Å². The molecule has 4 heterocycles. The topological polar surface area (TPSA) is 19.4 Å². The summed E-state index contributed by atoms with van der Waals surface area (Å²) < 4.78 is 0. The van der Waals surface area contributed by atoms with Crippen LogP contribution in [-0.4, -0.2) is 13.4 Å². The van der Waals surface area contributed by atoms with E-state index in [4.69, 9.17) is 0 Å². The molecule has 17 aromatic carbocycles. The molecule has 0 N–H and O–H groups in total. The van der Waals surface area contributed by atoms with Crippen LogP contribution in [0.2, 0.25) is 0 Å². The first kappa shape index (κ1) is 96.7. The van der Waals surface area contributed by atoms with Gasteiger partial charge in [0.05, 0.1) is 22.7 Å². The largest absolute Gasteiger partial charge is 0.311 e. The van der Waals surface area contributed by atoms with Crippen molar-refractivity contribution in [3.05, 3.63) is 407 Å². The highest BCUT2D eigenvalue weighted by molar-refractivity contribution is 7.01. The van der Waals surface area contributed by atoms with E-state index in [2.05, 4.69) is 575 Å². The third-order valence-electron chi connectivity index (χ3n) is 30.5. The summed E-state index contributed by atoms with van der Waals surface area (Å²) in [4.78, 5) is 15.4. The van der Waals surface area contributed by atoms with Gasteiger partial charge in [-0.05, 0) is 276 Å². The zero-order valence-electron chi connectivity index (χ0n) is 89.8. The molecule has 0 spiro atoms. The maximum Gasteiger partial charge on any atom is 0.252 e. The first-order valence-corrected chi connectivity index (χ1v) is 51.9. The van der Waals surface area contributed by atoms with Crippen molar-refractivity contribution in [2.24, 2.45) is 0 Å². The Balaban J connectivity index is 0.000000175. The Morgan fingerprint density at radius 2 is 0.483 bits per heavy atom. The van der Waals surface area contributed by atoms with Gasteiger partial charge in [0.2, 0.25) is 0 Å². The van der Waals surface area contributed by atoms with E-state index in [1.165, 1.54) is 172 Å². The fourth-order valence-electron chi connectivity index (χ4n) is 22.2. The van der Waals surface area contributed by atoms with Crippen molar-refractivity contribution in [3.8, 4) is 11.1 Å². The normalized spacial score (nSPS) is 13.7. The van der Waals surface area contributed by atoms with Crippen LogP contribution in [0, 0.1) is 6.92 Å². The molecule has 0 radical (unpaired) electrons. The summed E-state index contributed by atoms with van der Waals surface area (Å²) in [7, 11) is 0. The van der Waals surface area contributed by atoms with Crippen molar-refractivity contribution in [2.45, 2.75) is 243 Å². The molecule has 6 nitrogen and oxygen atoms in total. The van der Waals surface area contributed by atoms with Gasteiger partial charge in [0.25, 0.3) is 13.4 Å². The summed E-state index contributed by atoms with van der Waals surface area (Å²) in [6.45, 7) is 65.0. The predicted octanol–water partition coefficient (Wildman–Crippen LogP) is 34.4. The Kier molecular flexibility index (Phi) is 23.9. The minimum atomic E-state index is -0.172. The van der Waals surface area contributed by atoms with Gasteiger partial charge in [-0.1, -0.05) is 423 Å². The molecule has 143 heavy (non-hydrogen) atoms. The smallest absolute Gasteiger partial charge is 0.252 e. The van der Waals surface area contributed by atoms with Gasteiger partial charge in [-0.15, -0.1) is 0 Å². The molecular weight excluding hydrogens is 1730 g/mol. The molecule has 0 bridgehead atoms. The fraction of sp³-hybridized carbons (Fsp3) is 0.274. The zero-order valence-corrected chi connectivity index (χ0v) is 89.8. The molecule has 0 atom stereocenters. The monoisotopic (exact) mass is 1870 g/mol. The van der Waals surface area contributed by atoms with Gasteiger partial charge in [0, 0.05) is 96.0 Å². The molecule has 0 fully saturated rings. The molecule has 718 valence electrons. The second kappa shape index (κ2) is 35.4. The van der Waals surface area contributed by atoms with E-state index in [9.17, 15) is 0 Å². The predicted molar refractivity (Wildman–Crippen MR) is 624 cm³/mol. The van der Waals surface area contributed by atoms with E-state index in [0.29, 0.717) is 0 Å². The van der Waals surface area contributed by atoms with Gasteiger partial charge >= 0.3 is 0 Å². The van der Waals surface area contributed by atoms with E-state index in [1.807, 2.05) is 0 Å². The first-order valence-electron chi connectivity index (χ1n) is 51.9. The Labute approximate surface area is 854 Å². The van der Waals surface area contributed by atoms with Crippen LogP contribution in [0.25, 0.3) is 32.7 Å². The molecular formula is C135H142B2N6. The van der Waals surface area contributed by atoms with Crippen LogP contribution in [-0.2, 0) is 48.7 Å². The quantitative estimate of drug-likeness (QED) is 0.119. The fourth-order valence-corrected chi connectivity index (χ4v) is 22.2. The van der Waals surface area contributed by atoms with Crippen molar-refractivity contribution in [2.75, 3.05) is 29.4 Å². The van der Waals surface area contributed by atoms with Gasteiger partial charge in [0.1, 0.15) is 0 Å². The highest BCUT2D eigenvalue weighted by atomic mass is 15.2. The summed E-state index contributed by atoms with van der Waals surface area (Å²) in [5.74, 6) is 0. The highest BCUT2D eigenvalue weighted by Crippen LogP contribution is 2.56. The Hall–Kier alpha value is -13.8. The second-order valence-corrected chi connectivity index (χ2v) is 50.1. The van der Waals surface area contributed by atoms with E-state index in [-0.39, 0.29) is 62.2 Å². The third kappa shape index (κ3) is 17.8. The minimum Gasteiger partial charge on any atom is -0.311 e. The van der Waals surface area contributed by atoms with Crippen molar-refractivity contribution < 1.29 is 0 Å². The summed E-state index contributed by atoms with van der Waals surface area (Å²) in [6, 6.07) is 135. The highest BCUT2D eigenvalue weighted by Gasteiger charge is 2.49. The summed E-state index contributed by atoms with van der Waals surface area (Å²) in [5.41, 5.74) is 44.1. The molecule has 0 amide bonds. The van der Waals surface area contributed by atoms with Crippen LogP contribution in [0.15, 0.2) is 352 Å². The number of aryl methyl sites for hydroxylation is 1. The summed E-state index contributed by atoms with van der Waals surface area (Å²) >= 11 is 0. The number of hydrogen-bond acceptors (Lipinski definition) is 6. The number of benzene rings is 17. The number of nitrogens with zero attached hydrogens (tertiary/aromatic N) is 6. The molecule has 21 rings (SSSR count). The van der Waals surface area contributed by atoms with Crippen LogP contribution in [0.1, 0.15) is 243 Å². The molecule has 0 saturated carbocycles. The Bertz CT molecular complexity index is 7600. The molecule has 0 aromatic heterocycles. The first-order chi connectivity index (χ1) is 67.5. The average Bonchev–Trinajstić information content (AvgIpc) is 0.692. The molecule has 0 aliphatic carbocycles. The van der Waals surface area contributed by atoms with Crippen molar-refractivity contribution >= 4 is 170 Å². The van der Waals surface area contributed by atoms with E-state index in [1.54, 1.807) is 0 Å². The van der Waals surface area contributed by atoms with Crippen LogP contribution < -0.4 is 62.2 Å². The molecule has 17 aromatic rings. The lowest BCUT2D eigenvalue weighted by Crippen LogP contribution is -2.61. The van der Waals surface area contributed by atoms with Crippen molar-refractivity contribution in [1.29, 1.82) is 0 Å². The van der Waals surface area contributed by atoms with Crippen LogP contribution >= 0.6 is 0 Å². The third-order valence-corrected chi connectivity index (χ3v) is 30.5. The minimum absolute atomic E-state index is 0.00668. The molecule has 4 aliphatic heterocycles. The number of hydrogen-bond donors (Lipinski definition) is 0. The standard InChI is InChI=1S/C68H68BN3.C67H74BN3/c1-65(2,3)47-28-34-52(35-29-47)71-59-39-32-49(67(7,8)9)41-57(59)69-58-42-50(68(10,11)12)33-40-60(58)72(53-36-30-48(31-37-53)66(4,5)6)62-44-54(43-61(71)63(62)69)70(51-24-17-14-18-25-51)64-55-26-20-19-23-46(55)27-38-56(64)45-21-15-13-16-22-45;1-43-22-30-50(31-23-43)70-57-36-28-47(65(8,9)10)39-55(57)68-56-40-48(66(11,12)13)29-37-58(56)71(51-32-25-45(26-33-51)63(2,3)4)60-42-52(41-59(70)61(60)68)69(49-20-18-17-19-21-49)62-53-34-27-46(64(5,6)7)38-44(53)24-35-54(62)67(14,15)16/h13-44H,1-12H3;17-42H,1-16H3. The van der Waals surface area contributed by atoms with Gasteiger partial charge in [0.15, 0.2) is 0 Å². The maximum absolute atomic E-state index is 2.59. The van der Waals surface area contributed by atoms with Crippen LogP contribution in [0.4, 0.5) is 102 Å². The van der Waals surface area contributed by atoms with Gasteiger partial charge in [-0.25, -0.2) is 0 Å². The molecule has 8 heteroatoms. The number of fused-ring (bicyclic) bond motifs is 10. The van der Waals surface area contributed by atoms with E-state index in [0.717, 1.165) is 51.2 Å². The number of rotatable bonds is 11. The summed E-state index contributed by atoms with van der Waals surface area (Å²) in [5, 5.41) is 4.87. The van der Waals surface area contributed by atoms with Gasteiger partial charge in [-0.2, -0.15) is 0 Å². The van der Waals surface area contributed by atoms with Crippen LogP contribution in [0.5, 0.6) is 0 Å². The molecule has 0 unspecified atom stereocenters. The Morgan fingerprint density at radius 3 is 0.818 bits per heavy atom. The summed E-state index contributed by atoms with van der Waals surface area (Å²) in [6.07, 6.45) is 0. The van der Waals surface area contributed by atoms with Crippen molar-refractivity contribution in [1.82, 2.24) is 0 Å². The SMILES string of the molecule is CC(C)(C)c1ccc(N2c3ccc(C(C)(C)C)cc3B3c4cc(C(C)(C)C)ccc4N(c4ccc(C(C)(C)C)cc4)c4cc(N(c5ccccc5)c5c(-c6ccccc6)ccc6ccccc56)cc2c43)cc1.Cc1ccc(N2c3ccc(C(C)(C)C)cc3B3c4cc(C(C)(C)C)ccc4N(c4ccc(C(C)(C)C)cc4)c4cc(N(c5ccccc5)c5c(C(C)(C)C)ccc6cc(C(C)(C)C)ccc56)cc2c43)cc1. The lowest BCUT2D eigenvalue weighted by molar-refractivity contribution is 0.589. The lowest BCUT2D eigenvalue weighted by atomic mass is 9.33. The lowest BCUT2D eigenvalue weighted by Gasteiger charge is -2.46. The van der Waals surface area contributed by atoms with E-state index >= 15 is 0 Å². The molecule has 4 aliphatic rings. The van der Waals surface area contributed by atoms with Gasteiger partial charge in [-0.3, -0.25) is 0 Å². The van der Waals surface area contributed by atoms with Crippen LogP contribution in [0.3, 0.4) is 0 Å². The van der Waals surface area contributed by atoms with Gasteiger partial charge < -0.3 is 29.4 Å². The van der Waals surface area contributed by atoms with Crippen molar-refractivity contribution in [3.63, 3.8) is 0 Å². The zero-order chi connectivity index (χ0) is 101. The number of anilines is 18. The second-order valence-electron chi connectivity index (χ2n) is 50.1. The number of para-hydroxylation sites is 2. The average molecular weight is 1870 g/mol. The maximum atomic E-state index is 2.59.